The van der Waals surface area contributed by atoms with Crippen LogP contribution in [0.3, 0.4) is 0 Å². The first-order chi connectivity index (χ1) is 8.47. The summed E-state index contributed by atoms with van der Waals surface area (Å²) < 4.78 is 0.857. The van der Waals surface area contributed by atoms with E-state index in [1.807, 2.05) is 19.1 Å². The zero-order valence-electron chi connectivity index (χ0n) is 9.47. The highest BCUT2D eigenvalue weighted by Crippen LogP contribution is 2.29. The second kappa shape index (κ2) is 5.74. The van der Waals surface area contributed by atoms with Crippen LogP contribution in [0.5, 0.6) is 0 Å². The van der Waals surface area contributed by atoms with E-state index in [9.17, 15) is 4.79 Å². The number of aryl methyl sites for hydroxylation is 1. The predicted octanol–water partition coefficient (Wildman–Crippen LogP) is 5.55. The molecule has 2 aromatic rings. The van der Waals surface area contributed by atoms with Crippen LogP contribution in [0.2, 0.25) is 10.0 Å². The van der Waals surface area contributed by atoms with Gasteiger partial charge >= 0.3 is 0 Å². The van der Waals surface area contributed by atoms with Crippen LogP contribution in [0.15, 0.2) is 28.7 Å². The Hall–Kier alpha value is -0.350. The van der Waals surface area contributed by atoms with Crippen molar-refractivity contribution in [2.24, 2.45) is 0 Å². The Morgan fingerprint density at radius 2 is 2.00 bits per heavy atom. The van der Waals surface area contributed by atoms with Gasteiger partial charge in [0.05, 0.1) is 14.9 Å². The summed E-state index contributed by atoms with van der Waals surface area (Å²) in [6.45, 7) is 1.98. The van der Waals surface area contributed by atoms with E-state index in [0.29, 0.717) is 16.5 Å². The molecule has 0 aliphatic rings. The van der Waals surface area contributed by atoms with Crippen LogP contribution in [0.4, 0.5) is 0 Å². The van der Waals surface area contributed by atoms with Gasteiger partial charge in [-0.05, 0) is 46.6 Å². The van der Waals surface area contributed by atoms with Gasteiger partial charge in [0, 0.05) is 15.8 Å². The van der Waals surface area contributed by atoms with Crippen LogP contribution in [0.25, 0.3) is 0 Å². The van der Waals surface area contributed by atoms with Crippen LogP contribution < -0.4 is 0 Å². The van der Waals surface area contributed by atoms with E-state index in [1.54, 1.807) is 12.1 Å². The number of Topliss-reactive ketones (excluding diaryl/α,β-unsaturated/α-hetero) is 1. The van der Waals surface area contributed by atoms with Crippen molar-refractivity contribution in [2.75, 3.05) is 0 Å². The highest BCUT2D eigenvalue weighted by Gasteiger charge is 2.14. The molecule has 0 fully saturated rings. The fourth-order valence-corrected chi connectivity index (χ4v) is 3.71. The lowest BCUT2D eigenvalue weighted by atomic mass is 10.1. The summed E-state index contributed by atoms with van der Waals surface area (Å²) in [5, 5.41) is 0.976. The van der Waals surface area contributed by atoms with Gasteiger partial charge in [-0.2, -0.15) is 0 Å². The van der Waals surface area contributed by atoms with E-state index in [4.69, 9.17) is 23.2 Å². The van der Waals surface area contributed by atoms with Crippen molar-refractivity contribution in [3.8, 4) is 0 Å². The number of halogens is 3. The first-order valence-electron chi connectivity index (χ1n) is 5.20. The van der Waals surface area contributed by atoms with Crippen LogP contribution in [0, 0.1) is 6.92 Å². The zero-order valence-corrected chi connectivity index (χ0v) is 13.4. The lowest BCUT2D eigenvalue weighted by Crippen LogP contribution is -2.01. The van der Waals surface area contributed by atoms with Gasteiger partial charge in [-0.3, -0.25) is 4.79 Å². The normalized spacial score (nSPS) is 10.7. The summed E-state index contributed by atoms with van der Waals surface area (Å²) >= 11 is 16.7. The average Bonchev–Trinajstić information content (AvgIpc) is 2.63. The molecule has 1 aromatic carbocycles. The van der Waals surface area contributed by atoms with Gasteiger partial charge in [-0.25, -0.2) is 0 Å². The quantitative estimate of drug-likeness (QED) is 0.653. The highest BCUT2D eigenvalue weighted by molar-refractivity contribution is 9.10. The third kappa shape index (κ3) is 3.15. The van der Waals surface area contributed by atoms with Gasteiger partial charge in [0.1, 0.15) is 0 Å². The standard InChI is InChI=1S/C13H9BrCl2OS/c1-7-4-9(14)13(18-7)12(17)6-8-2-3-10(15)11(16)5-8/h2-5H,6H2,1H3. The maximum absolute atomic E-state index is 12.1. The van der Waals surface area contributed by atoms with Crippen molar-refractivity contribution in [3.05, 3.63) is 54.1 Å². The maximum atomic E-state index is 12.1. The number of carbonyl (C=O) groups excluding carboxylic acids is 1. The van der Waals surface area contributed by atoms with Gasteiger partial charge in [0.2, 0.25) is 0 Å². The van der Waals surface area contributed by atoms with E-state index < -0.39 is 0 Å². The van der Waals surface area contributed by atoms with Gasteiger partial charge < -0.3 is 0 Å². The fraction of sp³-hybridized carbons (Fsp3) is 0.154. The molecule has 0 N–H and O–H groups in total. The highest BCUT2D eigenvalue weighted by atomic mass is 79.9. The monoisotopic (exact) mass is 362 g/mol. The van der Waals surface area contributed by atoms with E-state index in [0.717, 1.165) is 19.8 Å². The Kier molecular flexibility index (Phi) is 4.49. The van der Waals surface area contributed by atoms with Crippen molar-refractivity contribution >= 4 is 56.3 Å². The molecule has 18 heavy (non-hydrogen) atoms. The molecule has 0 saturated heterocycles. The first kappa shape index (κ1) is 14.1. The molecule has 1 nitrogen and oxygen atoms in total. The molecule has 0 radical (unpaired) electrons. The molecular formula is C13H9BrCl2OS. The molecule has 2 rings (SSSR count). The molecule has 0 spiro atoms. The Morgan fingerprint density at radius 1 is 1.28 bits per heavy atom. The Morgan fingerprint density at radius 3 is 2.56 bits per heavy atom. The summed E-state index contributed by atoms with van der Waals surface area (Å²) in [5.74, 6) is 0.0818. The number of carbonyl (C=O) groups is 1. The van der Waals surface area contributed by atoms with Crippen molar-refractivity contribution < 1.29 is 4.79 Å². The molecule has 0 unspecified atom stereocenters. The molecule has 5 heteroatoms. The van der Waals surface area contributed by atoms with Crippen LogP contribution >= 0.6 is 50.5 Å². The SMILES string of the molecule is Cc1cc(Br)c(C(=O)Cc2ccc(Cl)c(Cl)c2)s1. The van der Waals surface area contributed by atoms with Gasteiger partial charge in [-0.1, -0.05) is 29.3 Å². The summed E-state index contributed by atoms with van der Waals surface area (Å²) in [5.41, 5.74) is 0.868. The Labute approximate surface area is 128 Å². The topological polar surface area (TPSA) is 17.1 Å². The maximum Gasteiger partial charge on any atom is 0.178 e. The molecule has 0 bridgehead atoms. The molecule has 1 aromatic heterocycles. The van der Waals surface area contributed by atoms with E-state index in [2.05, 4.69) is 15.9 Å². The average molecular weight is 364 g/mol. The molecule has 94 valence electrons. The number of benzene rings is 1. The number of hydrogen-bond donors (Lipinski definition) is 0. The van der Waals surface area contributed by atoms with Crippen LogP contribution in [-0.4, -0.2) is 5.78 Å². The lowest BCUT2D eigenvalue weighted by Gasteiger charge is -2.02. The molecule has 0 aliphatic heterocycles. The predicted molar refractivity (Wildman–Crippen MR) is 81.3 cm³/mol. The molecule has 1 heterocycles. The van der Waals surface area contributed by atoms with E-state index >= 15 is 0 Å². The van der Waals surface area contributed by atoms with Crippen molar-refractivity contribution in [2.45, 2.75) is 13.3 Å². The Bertz CT molecular complexity index is 607. The van der Waals surface area contributed by atoms with Gasteiger partial charge in [0.15, 0.2) is 5.78 Å². The lowest BCUT2D eigenvalue weighted by molar-refractivity contribution is 0.0996. The molecule has 0 saturated carbocycles. The molecule has 0 amide bonds. The van der Waals surface area contributed by atoms with Crippen molar-refractivity contribution in [1.29, 1.82) is 0 Å². The second-order valence-electron chi connectivity index (χ2n) is 3.88. The van der Waals surface area contributed by atoms with Crippen LogP contribution in [-0.2, 0) is 6.42 Å². The minimum Gasteiger partial charge on any atom is -0.293 e. The summed E-state index contributed by atoms with van der Waals surface area (Å²) in [7, 11) is 0. The number of thiophene rings is 1. The second-order valence-corrected chi connectivity index (χ2v) is 6.81. The molecule has 0 aliphatic carbocycles. The minimum absolute atomic E-state index is 0.0818. The number of rotatable bonds is 3. The summed E-state index contributed by atoms with van der Waals surface area (Å²) in [4.78, 5) is 14.0. The largest absolute Gasteiger partial charge is 0.293 e. The van der Waals surface area contributed by atoms with Crippen molar-refractivity contribution in [3.63, 3.8) is 0 Å². The van der Waals surface area contributed by atoms with Gasteiger partial charge in [-0.15, -0.1) is 11.3 Å². The minimum atomic E-state index is 0.0818. The Balaban J connectivity index is 2.21. The zero-order chi connectivity index (χ0) is 13.3. The first-order valence-corrected chi connectivity index (χ1v) is 7.57. The third-order valence-electron chi connectivity index (χ3n) is 2.41. The van der Waals surface area contributed by atoms with E-state index in [-0.39, 0.29) is 5.78 Å². The van der Waals surface area contributed by atoms with Crippen LogP contribution in [0.1, 0.15) is 20.1 Å². The van der Waals surface area contributed by atoms with Crippen molar-refractivity contribution in [1.82, 2.24) is 0 Å². The van der Waals surface area contributed by atoms with E-state index in [1.165, 1.54) is 11.3 Å². The number of ketones is 1. The molecular weight excluding hydrogens is 355 g/mol. The summed E-state index contributed by atoms with van der Waals surface area (Å²) in [6, 6.07) is 7.21. The number of hydrogen-bond acceptors (Lipinski definition) is 2. The third-order valence-corrected chi connectivity index (χ3v) is 5.13. The fourth-order valence-electron chi connectivity index (χ4n) is 1.59. The van der Waals surface area contributed by atoms with Gasteiger partial charge in [0.25, 0.3) is 0 Å². The summed E-state index contributed by atoms with van der Waals surface area (Å²) in [6.07, 6.45) is 0.329. The smallest absolute Gasteiger partial charge is 0.178 e. The molecule has 0 atom stereocenters.